The largest absolute Gasteiger partial charge is 0.508 e. The minimum atomic E-state index is -0.0472. The van der Waals surface area contributed by atoms with Gasteiger partial charge in [-0.25, -0.2) is 0 Å². The second-order valence-electron chi connectivity index (χ2n) is 5.75. The van der Waals surface area contributed by atoms with Crippen molar-refractivity contribution in [2.24, 2.45) is 0 Å². The highest BCUT2D eigenvalue weighted by Gasteiger charge is 2.19. The molecule has 0 saturated heterocycles. The highest BCUT2D eigenvalue weighted by molar-refractivity contribution is 6.13. The number of hydrogen-bond donors (Lipinski definition) is 0. The molecule has 5 rings (SSSR count). The Morgan fingerprint density at radius 2 is 1.57 bits per heavy atom. The first-order valence-electron chi connectivity index (χ1n) is 7.59. The Hall–Kier alpha value is -3.20. The number of nitrogens with zero attached hydrogens (tertiary/aromatic N) is 2. The van der Waals surface area contributed by atoms with Crippen molar-refractivity contribution in [2.45, 2.75) is 0 Å². The Bertz CT molecular complexity index is 1220. The van der Waals surface area contributed by atoms with Crippen LogP contribution in [0.3, 0.4) is 0 Å². The van der Waals surface area contributed by atoms with Crippen LogP contribution in [0.15, 0.2) is 83.9 Å². The molecule has 3 aromatic carbocycles. The number of aromatic nitrogens is 2. The van der Waals surface area contributed by atoms with E-state index in [0.717, 1.165) is 27.4 Å². The van der Waals surface area contributed by atoms with Gasteiger partial charge in [0.15, 0.2) is 5.52 Å². The highest BCUT2D eigenvalue weighted by atomic mass is 16.1. The van der Waals surface area contributed by atoms with Crippen molar-refractivity contribution in [1.82, 2.24) is 4.40 Å². The summed E-state index contributed by atoms with van der Waals surface area (Å²) in [5.74, 6) is 0. The Morgan fingerprint density at radius 1 is 0.783 bits per heavy atom. The lowest BCUT2D eigenvalue weighted by atomic mass is 10.0. The summed E-state index contributed by atoms with van der Waals surface area (Å²) in [6.45, 7) is 0. The van der Waals surface area contributed by atoms with Crippen LogP contribution in [-0.2, 0) is 0 Å². The van der Waals surface area contributed by atoms with Crippen molar-refractivity contribution in [3.8, 4) is 5.69 Å². The molecule has 0 aliphatic carbocycles. The van der Waals surface area contributed by atoms with Crippen molar-refractivity contribution in [1.29, 1.82) is 0 Å². The Morgan fingerprint density at radius 3 is 2.43 bits per heavy atom. The lowest BCUT2D eigenvalue weighted by Gasteiger charge is -2.04. The molecule has 0 aliphatic rings. The molecule has 3 heteroatoms. The molecular formula is C20H13N2O+. The predicted octanol–water partition coefficient (Wildman–Crippen LogP) is 3.32. The van der Waals surface area contributed by atoms with Gasteiger partial charge in [0.1, 0.15) is 18.1 Å². The van der Waals surface area contributed by atoms with Crippen LogP contribution in [0.2, 0.25) is 0 Å². The summed E-state index contributed by atoms with van der Waals surface area (Å²) < 4.78 is 3.46. The molecule has 0 saturated carbocycles. The molecule has 5 aromatic rings. The fourth-order valence-corrected chi connectivity index (χ4v) is 3.38. The second kappa shape index (κ2) is 4.40. The molecule has 0 aliphatic heterocycles. The highest BCUT2D eigenvalue weighted by Crippen LogP contribution is 2.28. The summed E-state index contributed by atoms with van der Waals surface area (Å²) in [5, 5.41) is 4.53. The number of benzene rings is 3. The molecule has 0 bridgehead atoms. The van der Waals surface area contributed by atoms with Crippen molar-refractivity contribution in [2.75, 3.05) is 0 Å². The normalized spacial score (nSPS) is 11.7. The van der Waals surface area contributed by atoms with Gasteiger partial charge in [0.05, 0.1) is 5.39 Å². The third-order valence-corrected chi connectivity index (χ3v) is 4.44. The van der Waals surface area contributed by atoms with Crippen LogP contribution in [0.4, 0.5) is 0 Å². The fourth-order valence-electron chi connectivity index (χ4n) is 3.38. The SMILES string of the molecule is O=c1n2ccc3cc4ccccc4c(c[n+]1-c1ccccc1)c32. The lowest BCUT2D eigenvalue weighted by molar-refractivity contribution is -0.614. The summed E-state index contributed by atoms with van der Waals surface area (Å²) in [6.07, 6.45) is 3.82. The molecule has 2 heterocycles. The van der Waals surface area contributed by atoms with Crippen LogP contribution < -0.4 is 10.3 Å². The first-order chi connectivity index (χ1) is 11.3. The van der Waals surface area contributed by atoms with Crippen LogP contribution in [-0.4, -0.2) is 4.40 Å². The molecule has 0 fully saturated rings. The van der Waals surface area contributed by atoms with Gasteiger partial charge >= 0.3 is 5.69 Å². The number of rotatable bonds is 1. The minimum Gasteiger partial charge on any atom is -0.196 e. The average molecular weight is 297 g/mol. The summed E-state index contributed by atoms with van der Waals surface area (Å²) in [4.78, 5) is 12.9. The molecular weight excluding hydrogens is 284 g/mol. The predicted molar refractivity (Wildman–Crippen MR) is 91.4 cm³/mol. The van der Waals surface area contributed by atoms with Crippen LogP contribution in [0.5, 0.6) is 0 Å². The zero-order chi connectivity index (χ0) is 15.4. The van der Waals surface area contributed by atoms with Gasteiger partial charge in [0.25, 0.3) is 0 Å². The molecule has 0 spiro atoms. The van der Waals surface area contributed by atoms with Gasteiger partial charge in [-0.15, -0.1) is 0 Å². The quantitative estimate of drug-likeness (QED) is 0.344. The topological polar surface area (TPSA) is 25.4 Å². The standard InChI is InChI=1S/C20H13N2O/c23-20-21-11-10-15-12-14-6-4-5-9-17(14)18(19(15)21)13-22(20)16-7-2-1-3-8-16/h1-13H/q+1. The lowest BCUT2D eigenvalue weighted by Crippen LogP contribution is -2.50. The van der Waals surface area contributed by atoms with E-state index in [1.807, 2.05) is 60.9 Å². The van der Waals surface area contributed by atoms with Gasteiger partial charge in [-0.1, -0.05) is 42.5 Å². The Kier molecular flexibility index (Phi) is 2.36. The minimum absolute atomic E-state index is 0.0472. The fraction of sp³-hybridized carbons (Fsp3) is 0. The summed E-state index contributed by atoms with van der Waals surface area (Å²) >= 11 is 0. The molecule has 108 valence electrons. The van der Waals surface area contributed by atoms with Crippen molar-refractivity contribution < 1.29 is 4.57 Å². The van der Waals surface area contributed by atoms with Gasteiger partial charge in [-0.05, 0) is 35.0 Å². The van der Waals surface area contributed by atoms with Crippen LogP contribution in [0.1, 0.15) is 0 Å². The van der Waals surface area contributed by atoms with Gasteiger partial charge < -0.3 is 0 Å². The molecule has 0 atom stereocenters. The van der Waals surface area contributed by atoms with E-state index in [0.29, 0.717) is 0 Å². The van der Waals surface area contributed by atoms with Gasteiger partial charge in [-0.3, -0.25) is 0 Å². The molecule has 3 nitrogen and oxygen atoms in total. The first kappa shape index (κ1) is 12.4. The average Bonchev–Trinajstić information content (AvgIpc) is 3.03. The van der Waals surface area contributed by atoms with Crippen LogP contribution >= 0.6 is 0 Å². The molecule has 0 amide bonds. The van der Waals surface area contributed by atoms with E-state index < -0.39 is 0 Å². The van der Waals surface area contributed by atoms with E-state index in [1.165, 1.54) is 5.39 Å². The van der Waals surface area contributed by atoms with Crippen LogP contribution in [0.25, 0.3) is 32.7 Å². The zero-order valence-corrected chi connectivity index (χ0v) is 12.3. The maximum Gasteiger partial charge on any atom is 0.508 e. The molecule has 0 radical (unpaired) electrons. The van der Waals surface area contributed by atoms with E-state index in [-0.39, 0.29) is 5.69 Å². The van der Waals surface area contributed by atoms with Crippen molar-refractivity contribution >= 4 is 27.1 Å². The summed E-state index contributed by atoms with van der Waals surface area (Å²) in [6, 6.07) is 22.2. The number of fused-ring (bicyclic) bond motifs is 2. The monoisotopic (exact) mass is 297 g/mol. The van der Waals surface area contributed by atoms with Gasteiger partial charge in [-0.2, -0.15) is 13.8 Å². The molecule has 0 N–H and O–H groups in total. The molecule has 2 aromatic heterocycles. The zero-order valence-electron chi connectivity index (χ0n) is 12.3. The third kappa shape index (κ3) is 1.64. The van der Waals surface area contributed by atoms with E-state index in [4.69, 9.17) is 0 Å². The molecule has 23 heavy (non-hydrogen) atoms. The summed E-state index contributed by atoms with van der Waals surface area (Å²) in [5.41, 5.74) is 1.81. The van der Waals surface area contributed by atoms with Crippen molar-refractivity contribution in [3.05, 3.63) is 89.6 Å². The first-order valence-corrected chi connectivity index (χ1v) is 7.59. The van der Waals surface area contributed by atoms with E-state index >= 15 is 0 Å². The number of hydrogen-bond acceptors (Lipinski definition) is 1. The maximum atomic E-state index is 12.9. The maximum absolute atomic E-state index is 12.9. The van der Waals surface area contributed by atoms with E-state index in [9.17, 15) is 4.79 Å². The Balaban J connectivity index is 2.04. The summed E-state index contributed by atoms with van der Waals surface area (Å²) in [7, 11) is 0. The van der Waals surface area contributed by atoms with Crippen molar-refractivity contribution in [3.63, 3.8) is 0 Å². The van der Waals surface area contributed by atoms with E-state index in [2.05, 4.69) is 18.2 Å². The van der Waals surface area contributed by atoms with Gasteiger partial charge in [0, 0.05) is 5.39 Å². The third-order valence-electron chi connectivity index (χ3n) is 4.44. The van der Waals surface area contributed by atoms with E-state index in [1.54, 1.807) is 8.97 Å². The number of para-hydroxylation sites is 1. The van der Waals surface area contributed by atoms with Crippen LogP contribution in [0, 0.1) is 0 Å². The second-order valence-corrected chi connectivity index (χ2v) is 5.75. The van der Waals surface area contributed by atoms with Gasteiger partial charge in [0.2, 0.25) is 0 Å². The Labute approximate surface area is 132 Å². The smallest absolute Gasteiger partial charge is 0.196 e. The molecule has 0 unspecified atom stereocenters.